The van der Waals surface area contributed by atoms with E-state index in [-0.39, 0.29) is 12.6 Å². The van der Waals surface area contributed by atoms with Crippen LogP contribution < -0.4 is 4.74 Å². The van der Waals surface area contributed by atoms with Crippen molar-refractivity contribution in [2.24, 2.45) is 0 Å². The molecule has 1 N–H and O–H groups in total. The van der Waals surface area contributed by atoms with Gasteiger partial charge in [0, 0.05) is 0 Å². The number of halogens is 1. The lowest BCUT2D eigenvalue weighted by Gasteiger charge is -2.04. The van der Waals surface area contributed by atoms with Crippen molar-refractivity contribution in [3.63, 3.8) is 0 Å². The molecular weight excluding hydrogens is 211 g/mol. The van der Waals surface area contributed by atoms with Gasteiger partial charge in [0.1, 0.15) is 5.75 Å². The lowest BCUT2D eigenvalue weighted by atomic mass is 10.2. The van der Waals surface area contributed by atoms with Crippen LogP contribution in [0.1, 0.15) is 5.56 Å². The van der Waals surface area contributed by atoms with Crippen molar-refractivity contribution in [1.29, 1.82) is 0 Å². The molecule has 5 heteroatoms. The monoisotopic (exact) mass is 220 g/mol. The van der Waals surface area contributed by atoms with Gasteiger partial charge in [-0.1, -0.05) is 12.1 Å². The van der Waals surface area contributed by atoms with E-state index in [1.165, 1.54) is 0 Å². The van der Waals surface area contributed by atoms with Crippen molar-refractivity contribution in [3.8, 4) is 11.8 Å². The second-order valence-electron chi connectivity index (χ2n) is 3.09. The van der Waals surface area contributed by atoms with Gasteiger partial charge >= 0.3 is 6.01 Å². The van der Waals surface area contributed by atoms with Crippen molar-refractivity contribution < 1.29 is 14.2 Å². The van der Waals surface area contributed by atoms with E-state index in [1.54, 1.807) is 24.3 Å². The van der Waals surface area contributed by atoms with Gasteiger partial charge < -0.3 is 9.84 Å². The van der Waals surface area contributed by atoms with Crippen LogP contribution in [0.3, 0.4) is 0 Å². The molecule has 0 fully saturated rings. The van der Waals surface area contributed by atoms with Crippen molar-refractivity contribution >= 4 is 0 Å². The van der Waals surface area contributed by atoms with Crippen LogP contribution >= 0.6 is 0 Å². The molecule has 0 bridgehead atoms. The molecule has 0 amide bonds. The summed E-state index contributed by atoms with van der Waals surface area (Å²) >= 11 is 0. The van der Waals surface area contributed by atoms with Gasteiger partial charge in [-0.25, -0.2) is 14.4 Å². The first-order valence-corrected chi connectivity index (χ1v) is 4.63. The summed E-state index contributed by atoms with van der Waals surface area (Å²) in [4.78, 5) is 7.32. The fraction of sp³-hybridized carbons (Fsp3) is 0.0909. The zero-order valence-corrected chi connectivity index (χ0v) is 8.30. The topological polar surface area (TPSA) is 55.2 Å². The molecular formula is C11H9FN2O2. The van der Waals surface area contributed by atoms with Crippen molar-refractivity contribution in [3.05, 3.63) is 48.0 Å². The fourth-order valence-electron chi connectivity index (χ4n) is 1.17. The van der Waals surface area contributed by atoms with Gasteiger partial charge in [0.25, 0.3) is 0 Å². The lowest BCUT2D eigenvalue weighted by Crippen LogP contribution is -1.93. The Morgan fingerprint density at radius 3 is 2.69 bits per heavy atom. The number of aromatic nitrogens is 2. The third-order valence-corrected chi connectivity index (χ3v) is 1.89. The normalized spacial score (nSPS) is 10.1. The molecule has 0 saturated heterocycles. The zero-order valence-electron chi connectivity index (χ0n) is 8.30. The quantitative estimate of drug-likeness (QED) is 0.858. The SMILES string of the molecule is OCc1cccc(Oc2ncc(F)cn2)c1. The molecule has 1 heterocycles. The van der Waals surface area contributed by atoms with Crippen LogP contribution in [-0.4, -0.2) is 15.1 Å². The summed E-state index contributed by atoms with van der Waals surface area (Å²) < 4.78 is 17.8. The van der Waals surface area contributed by atoms with E-state index >= 15 is 0 Å². The number of benzene rings is 1. The number of hydrogen-bond acceptors (Lipinski definition) is 4. The third-order valence-electron chi connectivity index (χ3n) is 1.89. The minimum Gasteiger partial charge on any atom is -0.424 e. The van der Waals surface area contributed by atoms with Crippen molar-refractivity contribution in [2.45, 2.75) is 6.61 Å². The number of aliphatic hydroxyl groups excluding tert-OH is 1. The first-order chi connectivity index (χ1) is 7.78. The minimum atomic E-state index is -0.517. The Kier molecular flexibility index (Phi) is 3.07. The molecule has 1 aromatic heterocycles. The largest absolute Gasteiger partial charge is 0.424 e. The second-order valence-corrected chi connectivity index (χ2v) is 3.09. The molecule has 4 nitrogen and oxygen atoms in total. The second kappa shape index (κ2) is 4.67. The first kappa shape index (κ1) is 10.5. The minimum absolute atomic E-state index is 0.0662. The number of rotatable bonds is 3. The summed E-state index contributed by atoms with van der Waals surface area (Å²) in [5.74, 6) is -0.0189. The van der Waals surface area contributed by atoms with Gasteiger partial charge in [0.2, 0.25) is 0 Å². The molecule has 0 aliphatic rings. The summed E-state index contributed by atoms with van der Waals surface area (Å²) in [6.45, 7) is -0.0680. The number of aliphatic hydroxyl groups is 1. The number of nitrogens with zero attached hydrogens (tertiary/aromatic N) is 2. The van der Waals surface area contributed by atoms with E-state index < -0.39 is 5.82 Å². The molecule has 16 heavy (non-hydrogen) atoms. The first-order valence-electron chi connectivity index (χ1n) is 4.63. The maximum absolute atomic E-state index is 12.5. The molecule has 82 valence electrons. The molecule has 0 aliphatic heterocycles. The van der Waals surface area contributed by atoms with Crippen LogP contribution in [0.2, 0.25) is 0 Å². The van der Waals surface area contributed by atoms with E-state index in [2.05, 4.69) is 9.97 Å². The predicted molar refractivity (Wildman–Crippen MR) is 54.4 cm³/mol. The summed E-state index contributed by atoms with van der Waals surface area (Å²) in [6.07, 6.45) is 2.05. The molecule has 0 saturated carbocycles. The Labute approximate surface area is 91.4 Å². The van der Waals surface area contributed by atoms with Crippen LogP contribution in [0.5, 0.6) is 11.8 Å². The fourth-order valence-corrected chi connectivity index (χ4v) is 1.17. The Hall–Kier alpha value is -2.01. The molecule has 2 rings (SSSR count). The predicted octanol–water partition coefficient (Wildman–Crippen LogP) is 1.90. The Morgan fingerprint density at radius 2 is 2.00 bits per heavy atom. The van der Waals surface area contributed by atoms with Gasteiger partial charge in [0.05, 0.1) is 19.0 Å². The Bertz CT molecular complexity index is 474. The van der Waals surface area contributed by atoms with Crippen molar-refractivity contribution in [1.82, 2.24) is 9.97 Å². The maximum atomic E-state index is 12.5. The molecule has 0 aliphatic carbocycles. The molecule has 1 aromatic carbocycles. The number of hydrogen-bond donors (Lipinski definition) is 1. The summed E-state index contributed by atoms with van der Waals surface area (Å²) in [6, 6.07) is 6.93. The average Bonchev–Trinajstić information content (AvgIpc) is 2.32. The van der Waals surface area contributed by atoms with Crippen LogP contribution in [0.25, 0.3) is 0 Å². The molecule has 0 spiro atoms. The van der Waals surface area contributed by atoms with Crippen LogP contribution in [0.15, 0.2) is 36.7 Å². The zero-order chi connectivity index (χ0) is 11.4. The van der Waals surface area contributed by atoms with Gasteiger partial charge in [-0.15, -0.1) is 0 Å². The van der Waals surface area contributed by atoms with E-state index in [0.29, 0.717) is 5.75 Å². The lowest BCUT2D eigenvalue weighted by molar-refractivity contribution is 0.281. The maximum Gasteiger partial charge on any atom is 0.322 e. The van der Waals surface area contributed by atoms with E-state index in [1.807, 2.05) is 0 Å². The number of ether oxygens (including phenoxy) is 1. The summed E-state index contributed by atoms with van der Waals surface area (Å²) in [5, 5.41) is 8.93. The van der Waals surface area contributed by atoms with E-state index in [0.717, 1.165) is 18.0 Å². The highest BCUT2D eigenvalue weighted by Gasteiger charge is 2.01. The Morgan fingerprint density at radius 1 is 1.25 bits per heavy atom. The van der Waals surface area contributed by atoms with E-state index in [4.69, 9.17) is 9.84 Å². The molecule has 0 unspecified atom stereocenters. The highest BCUT2D eigenvalue weighted by Crippen LogP contribution is 2.18. The highest BCUT2D eigenvalue weighted by molar-refractivity contribution is 5.29. The van der Waals surface area contributed by atoms with Gasteiger partial charge in [-0.3, -0.25) is 0 Å². The third kappa shape index (κ3) is 2.52. The molecule has 2 aromatic rings. The van der Waals surface area contributed by atoms with Crippen molar-refractivity contribution in [2.75, 3.05) is 0 Å². The smallest absolute Gasteiger partial charge is 0.322 e. The highest BCUT2D eigenvalue weighted by atomic mass is 19.1. The van der Waals surface area contributed by atoms with Gasteiger partial charge in [0.15, 0.2) is 5.82 Å². The van der Waals surface area contributed by atoms with Gasteiger partial charge in [-0.2, -0.15) is 0 Å². The van der Waals surface area contributed by atoms with E-state index in [9.17, 15) is 4.39 Å². The average molecular weight is 220 g/mol. The summed E-state index contributed by atoms with van der Waals surface area (Å²) in [5.41, 5.74) is 0.722. The Balaban J connectivity index is 2.16. The van der Waals surface area contributed by atoms with Crippen LogP contribution in [-0.2, 0) is 6.61 Å². The van der Waals surface area contributed by atoms with Crippen LogP contribution in [0.4, 0.5) is 4.39 Å². The standard InChI is InChI=1S/C11H9FN2O2/c12-9-5-13-11(14-6-9)16-10-3-1-2-8(4-10)7-15/h1-6,15H,7H2. The van der Waals surface area contributed by atoms with Crippen LogP contribution in [0, 0.1) is 5.82 Å². The summed E-state index contributed by atoms with van der Waals surface area (Å²) in [7, 11) is 0. The van der Waals surface area contributed by atoms with Gasteiger partial charge in [-0.05, 0) is 17.7 Å². The molecule has 0 radical (unpaired) electrons. The molecule has 0 atom stereocenters.